The normalized spacial score (nSPS) is 12.3. The molecule has 4 aromatic carbocycles. The number of rotatable bonds is 11. The molecular weight excluding hydrogens is 627 g/mol. The highest BCUT2D eigenvalue weighted by Crippen LogP contribution is 2.33. The Morgan fingerprint density at radius 3 is 2.13 bits per heavy atom. The van der Waals surface area contributed by atoms with Gasteiger partial charge in [0.05, 0.1) is 16.1 Å². The fourth-order valence-corrected chi connectivity index (χ4v) is 6.38. The summed E-state index contributed by atoms with van der Waals surface area (Å²) < 4.78 is 69.7. The Hall–Kier alpha value is -4.35. The molecule has 1 atom stereocenters. The van der Waals surface area contributed by atoms with Crippen molar-refractivity contribution in [3.05, 3.63) is 130 Å². The molecule has 0 aliphatic heterocycles. The number of hydrogen-bond acceptors (Lipinski definition) is 4. The number of halogens is 4. The third kappa shape index (κ3) is 8.43. The molecule has 0 saturated carbocycles. The zero-order valence-corrected chi connectivity index (χ0v) is 26.0. The van der Waals surface area contributed by atoms with Crippen LogP contribution in [0.15, 0.2) is 108 Å². The van der Waals surface area contributed by atoms with Crippen LogP contribution in [0, 0.1) is 6.92 Å². The lowest BCUT2D eigenvalue weighted by Gasteiger charge is -2.33. The smallest absolute Gasteiger partial charge is 0.357 e. The van der Waals surface area contributed by atoms with Crippen LogP contribution in [0.4, 0.5) is 18.9 Å². The van der Waals surface area contributed by atoms with Gasteiger partial charge >= 0.3 is 6.18 Å². The number of aryl methyl sites for hydroxylation is 1. The maximum Gasteiger partial charge on any atom is 0.416 e. The maximum absolute atomic E-state index is 14.3. The van der Waals surface area contributed by atoms with Crippen LogP contribution in [0.1, 0.15) is 22.3 Å². The van der Waals surface area contributed by atoms with E-state index in [0.29, 0.717) is 21.0 Å². The molecule has 0 spiro atoms. The third-order valence-electron chi connectivity index (χ3n) is 7.11. The van der Waals surface area contributed by atoms with E-state index in [1.54, 1.807) is 73.7 Å². The number of amides is 2. The first-order valence-corrected chi connectivity index (χ1v) is 15.7. The summed E-state index contributed by atoms with van der Waals surface area (Å²) in [5.74, 6) is -1.33. The Bertz CT molecular complexity index is 1750. The van der Waals surface area contributed by atoms with Crippen molar-refractivity contribution in [3.63, 3.8) is 0 Å². The average molecular weight is 658 g/mol. The molecule has 1 N–H and O–H groups in total. The van der Waals surface area contributed by atoms with Crippen molar-refractivity contribution in [1.29, 1.82) is 0 Å². The predicted octanol–water partition coefficient (Wildman–Crippen LogP) is 6.25. The van der Waals surface area contributed by atoms with E-state index >= 15 is 0 Å². The number of nitrogens with one attached hydrogen (secondary N) is 1. The minimum absolute atomic E-state index is 0.0844. The average Bonchev–Trinajstić information content (AvgIpc) is 3.01. The van der Waals surface area contributed by atoms with E-state index in [-0.39, 0.29) is 23.5 Å². The molecule has 0 bridgehead atoms. The summed E-state index contributed by atoms with van der Waals surface area (Å²) in [4.78, 5) is 28.6. The first-order valence-electron chi connectivity index (χ1n) is 13.9. The molecule has 0 aliphatic rings. The summed E-state index contributed by atoms with van der Waals surface area (Å²) in [6, 6.07) is 24.0. The van der Waals surface area contributed by atoms with E-state index in [4.69, 9.17) is 11.6 Å². The van der Waals surface area contributed by atoms with Crippen molar-refractivity contribution in [3.8, 4) is 0 Å². The Labute approximate surface area is 265 Å². The highest BCUT2D eigenvalue weighted by atomic mass is 35.5. The molecule has 236 valence electrons. The summed E-state index contributed by atoms with van der Waals surface area (Å²) in [6.07, 6.45) is -4.68. The molecule has 45 heavy (non-hydrogen) atoms. The summed E-state index contributed by atoms with van der Waals surface area (Å²) in [7, 11) is -3.14. The van der Waals surface area contributed by atoms with Crippen molar-refractivity contribution in [1.82, 2.24) is 10.2 Å². The van der Waals surface area contributed by atoms with Crippen molar-refractivity contribution >= 4 is 39.1 Å². The Balaban J connectivity index is 1.83. The molecule has 0 heterocycles. The molecule has 2 amide bonds. The van der Waals surface area contributed by atoms with Gasteiger partial charge in [-0.2, -0.15) is 13.2 Å². The molecule has 7 nitrogen and oxygen atoms in total. The van der Waals surface area contributed by atoms with Gasteiger partial charge in [0.2, 0.25) is 11.8 Å². The van der Waals surface area contributed by atoms with Gasteiger partial charge in [-0.3, -0.25) is 13.9 Å². The van der Waals surface area contributed by atoms with Gasteiger partial charge in [0.25, 0.3) is 10.0 Å². The van der Waals surface area contributed by atoms with Gasteiger partial charge in [-0.15, -0.1) is 0 Å². The van der Waals surface area contributed by atoms with E-state index in [1.807, 2.05) is 0 Å². The maximum atomic E-state index is 14.3. The molecule has 0 aromatic heterocycles. The quantitative estimate of drug-likeness (QED) is 0.207. The third-order valence-corrected chi connectivity index (χ3v) is 9.13. The van der Waals surface area contributed by atoms with E-state index in [1.165, 1.54) is 30.1 Å². The fourth-order valence-electron chi connectivity index (χ4n) is 4.76. The van der Waals surface area contributed by atoms with Gasteiger partial charge in [0.15, 0.2) is 0 Å². The highest BCUT2D eigenvalue weighted by Gasteiger charge is 2.36. The van der Waals surface area contributed by atoms with Crippen LogP contribution < -0.4 is 9.62 Å². The molecule has 12 heteroatoms. The van der Waals surface area contributed by atoms with Crippen molar-refractivity contribution in [2.45, 2.75) is 37.0 Å². The molecule has 4 rings (SSSR count). The van der Waals surface area contributed by atoms with Crippen LogP contribution in [0.3, 0.4) is 0 Å². The molecule has 4 aromatic rings. The minimum Gasteiger partial charge on any atom is -0.357 e. The Kier molecular flexibility index (Phi) is 10.6. The predicted molar refractivity (Wildman–Crippen MR) is 167 cm³/mol. The first kappa shape index (κ1) is 33.5. The van der Waals surface area contributed by atoms with Crippen LogP contribution in [-0.2, 0) is 38.8 Å². The number of anilines is 1. The molecule has 0 saturated heterocycles. The Morgan fingerprint density at radius 2 is 1.51 bits per heavy atom. The lowest BCUT2D eigenvalue weighted by atomic mass is 10.0. The largest absolute Gasteiger partial charge is 0.416 e. The van der Waals surface area contributed by atoms with Crippen LogP contribution in [0.2, 0.25) is 5.02 Å². The second kappa shape index (κ2) is 14.2. The summed E-state index contributed by atoms with van der Waals surface area (Å²) >= 11 is 6.20. The topological polar surface area (TPSA) is 86.8 Å². The van der Waals surface area contributed by atoms with Gasteiger partial charge in [-0.25, -0.2) is 8.42 Å². The molecule has 0 aliphatic carbocycles. The number of benzene rings is 4. The number of sulfonamides is 1. The number of carbonyl (C=O) groups is 2. The number of hydrogen-bond donors (Lipinski definition) is 1. The summed E-state index contributed by atoms with van der Waals surface area (Å²) in [6.45, 7) is 0.732. The number of alkyl halides is 3. The molecular formula is C33H31ClF3N3O4S. The van der Waals surface area contributed by atoms with Gasteiger partial charge in [-0.1, -0.05) is 77.8 Å². The Morgan fingerprint density at radius 1 is 0.867 bits per heavy atom. The summed E-state index contributed by atoms with van der Waals surface area (Å²) in [5, 5.41) is 2.95. The van der Waals surface area contributed by atoms with E-state index in [2.05, 4.69) is 5.32 Å². The van der Waals surface area contributed by atoms with Gasteiger partial charge < -0.3 is 10.2 Å². The van der Waals surface area contributed by atoms with Gasteiger partial charge in [0, 0.05) is 25.0 Å². The molecule has 0 fully saturated rings. The number of carbonyl (C=O) groups excluding carboxylic acids is 2. The van der Waals surface area contributed by atoms with E-state index in [9.17, 15) is 31.2 Å². The van der Waals surface area contributed by atoms with E-state index < -0.39 is 46.2 Å². The summed E-state index contributed by atoms with van der Waals surface area (Å²) in [5.41, 5.74) is 0.611. The SMILES string of the molecule is CNC(=O)C(Cc1ccccc1)N(Cc1cccc(Cl)c1)C(=O)CN(c1cccc(C(F)(F)F)c1)S(=O)(=O)c1ccc(C)cc1. The van der Waals surface area contributed by atoms with Crippen LogP contribution in [0.25, 0.3) is 0 Å². The van der Waals surface area contributed by atoms with Crippen LogP contribution >= 0.6 is 11.6 Å². The lowest BCUT2D eigenvalue weighted by molar-refractivity contribution is -0.139. The second-order valence-electron chi connectivity index (χ2n) is 10.3. The van der Waals surface area contributed by atoms with Crippen molar-refractivity contribution < 1.29 is 31.2 Å². The fraction of sp³-hybridized carbons (Fsp3) is 0.212. The zero-order valence-electron chi connectivity index (χ0n) is 24.5. The number of nitrogens with zero attached hydrogens (tertiary/aromatic N) is 2. The van der Waals surface area contributed by atoms with Gasteiger partial charge in [0.1, 0.15) is 12.6 Å². The van der Waals surface area contributed by atoms with Crippen molar-refractivity contribution in [2.75, 3.05) is 17.9 Å². The second-order valence-corrected chi connectivity index (χ2v) is 12.6. The monoisotopic (exact) mass is 657 g/mol. The minimum atomic E-state index is -4.77. The van der Waals surface area contributed by atoms with Crippen molar-refractivity contribution in [2.24, 2.45) is 0 Å². The standard InChI is InChI=1S/C33H31ClF3N3O4S/c1-23-14-16-29(17-15-23)45(43,44)40(28-13-7-11-26(20-28)33(35,36)37)22-31(41)39(21-25-10-6-12-27(34)18-25)30(32(42)38-2)19-24-8-4-3-5-9-24/h3-18,20,30H,19,21-22H2,1-2H3,(H,38,42). The van der Waals surface area contributed by atoms with Crippen LogP contribution in [-0.4, -0.2) is 44.8 Å². The van der Waals surface area contributed by atoms with Crippen LogP contribution in [0.5, 0.6) is 0 Å². The molecule has 0 radical (unpaired) electrons. The molecule has 1 unspecified atom stereocenters. The number of likely N-dealkylation sites (N-methyl/N-ethyl adjacent to an activating group) is 1. The van der Waals surface area contributed by atoms with Gasteiger partial charge in [-0.05, 0) is 60.5 Å². The van der Waals surface area contributed by atoms with E-state index in [0.717, 1.165) is 23.3 Å². The lowest BCUT2D eigenvalue weighted by Crippen LogP contribution is -2.53. The highest BCUT2D eigenvalue weighted by molar-refractivity contribution is 7.92. The first-order chi connectivity index (χ1) is 21.3. The zero-order chi connectivity index (χ0) is 32.8.